The van der Waals surface area contributed by atoms with Crippen LogP contribution in [0.5, 0.6) is 5.75 Å². The van der Waals surface area contributed by atoms with Crippen LogP contribution in [0.1, 0.15) is 12.0 Å². The van der Waals surface area contributed by atoms with E-state index in [-0.39, 0.29) is 29.9 Å². The fourth-order valence-corrected chi connectivity index (χ4v) is 3.51. The fraction of sp³-hybridized carbons (Fsp3) is 0.471. The largest absolute Gasteiger partial charge is 0.508 e. The molecule has 0 spiro atoms. The third-order valence-electron chi connectivity index (χ3n) is 4.82. The van der Waals surface area contributed by atoms with Crippen molar-refractivity contribution in [2.24, 2.45) is 5.92 Å². The highest BCUT2D eigenvalue weighted by molar-refractivity contribution is 5.83. The van der Waals surface area contributed by atoms with Crippen molar-refractivity contribution in [2.45, 2.75) is 18.1 Å². The number of hydrogen-bond acceptors (Lipinski definition) is 5. The summed E-state index contributed by atoms with van der Waals surface area (Å²) in [6.45, 7) is 4.27. The molecule has 2 saturated heterocycles. The molecule has 0 saturated carbocycles. The molecule has 2 heterocycles. The molecule has 2 aliphatic heterocycles. The van der Waals surface area contributed by atoms with Gasteiger partial charge in [0.1, 0.15) is 22.9 Å². The number of fused-ring (bicyclic) bond motifs is 1. The Kier molecular flexibility index (Phi) is 4.23. The maximum absolute atomic E-state index is 14.5. The molecule has 0 bridgehead atoms. The number of nitrogens with one attached hydrogen (secondary N) is 1. The molecule has 6 nitrogen and oxygen atoms in total. The van der Waals surface area contributed by atoms with Crippen LogP contribution in [0.2, 0.25) is 0 Å². The van der Waals surface area contributed by atoms with Gasteiger partial charge in [-0.05, 0) is 24.6 Å². The topological polar surface area (TPSA) is 71.0 Å². The van der Waals surface area contributed by atoms with Gasteiger partial charge in [-0.1, -0.05) is 6.58 Å². The van der Waals surface area contributed by atoms with Gasteiger partial charge in [-0.15, -0.1) is 0 Å². The quantitative estimate of drug-likeness (QED) is 0.871. The highest BCUT2D eigenvalue weighted by atomic mass is 19.1. The summed E-state index contributed by atoms with van der Waals surface area (Å²) in [6.07, 6.45) is 0.130. The molecule has 1 aromatic rings. The van der Waals surface area contributed by atoms with E-state index >= 15 is 0 Å². The highest BCUT2D eigenvalue weighted by Crippen LogP contribution is 2.44. The number of nitrogens with zero attached hydrogens (tertiary/aromatic N) is 1. The second kappa shape index (κ2) is 6.07. The van der Waals surface area contributed by atoms with E-state index in [1.165, 1.54) is 23.1 Å². The monoisotopic (exact) mass is 336 g/mol. The van der Waals surface area contributed by atoms with E-state index in [2.05, 4.69) is 11.9 Å². The molecule has 2 fully saturated rings. The Hall–Kier alpha value is -2.12. The number of phenolic OH excluding ortho intramolecular Hbond substituents is 1. The number of benzene rings is 1. The molecule has 1 aromatic carbocycles. The number of ether oxygens (including phenoxy) is 2. The maximum atomic E-state index is 14.5. The van der Waals surface area contributed by atoms with Gasteiger partial charge in [-0.25, -0.2) is 4.39 Å². The van der Waals surface area contributed by atoms with Gasteiger partial charge in [0.2, 0.25) is 5.91 Å². The molecule has 0 radical (unpaired) electrons. The Morgan fingerprint density at radius 1 is 1.58 bits per heavy atom. The number of carbonyl (C=O) groups is 1. The Labute approximate surface area is 139 Å². The molecule has 24 heavy (non-hydrogen) atoms. The van der Waals surface area contributed by atoms with Crippen LogP contribution in [-0.2, 0) is 19.8 Å². The molecule has 0 aliphatic carbocycles. The predicted octanol–water partition coefficient (Wildman–Crippen LogP) is 1.31. The number of methoxy groups -OCH3 is 1. The summed E-state index contributed by atoms with van der Waals surface area (Å²) in [6, 6.07) is 3.79. The summed E-state index contributed by atoms with van der Waals surface area (Å²) in [5, 5.41) is 13.0. The van der Waals surface area contributed by atoms with E-state index in [0.717, 1.165) is 0 Å². The third kappa shape index (κ3) is 2.53. The van der Waals surface area contributed by atoms with Crippen molar-refractivity contribution in [3.8, 4) is 5.75 Å². The number of amides is 1. The summed E-state index contributed by atoms with van der Waals surface area (Å²) in [4.78, 5) is 14.3. The Balaban J connectivity index is 2.08. The van der Waals surface area contributed by atoms with Crippen molar-refractivity contribution in [1.82, 2.24) is 10.2 Å². The Bertz CT molecular complexity index is 681. The van der Waals surface area contributed by atoms with Crippen LogP contribution in [0.15, 0.2) is 30.6 Å². The van der Waals surface area contributed by atoms with Crippen LogP contribution in [0, 0.1) is 11.7 Å². The minimum absolute atomic E-state index is 0.0719. The van der Waals surface area contributed by atoms with Crippen LogP contribution in [0.25, 0.3) is 0 Å². The van der Waals surface area contributed by atoms with Crippen LogP contribution < -0.4 is 5.32 Å². The number of hydrogen-bond donors (Lipinski definition) is 2. The van der Waals surface area contributed by atoms with Gasteiger partial charge in [-0.2, -0.15) is 0 Å². The SMILES string of the molecule is C=C1N[C@@]2(c3cc(O)ccc3F)CO[C@@H](COC)C[C@H]2C(=O)N1C. The fourth-order valence-electron chi connectivity index (χ4n) is 3.51. The maximum Gasteiger partial charge on any atom is 0.233 e. The molecular weight excluding hydrogens is 315 g/mol. The lowest BCUT2D eigenvalue weighted by atomic mass is 9.71. The van der Waals surface area contributed by atoms with Gasteiger partial charge in [0, 0.05) is 19.7 Å². The smallest absolute Gasteiger partial charge is 0.233 e. The van der Waals surface area contributed by atoms with Crippen molar-refractivity contribution in [3.63, 3.8) is 0 Å². The lowest BCUT2D eigenvalue weighted by molar-refractivity contribution is -0.157. The van der Waals surface area contributed by atoms with E-state index in [1.807, 2.05) is 0 Å². The summed E-state index contributed by atoms with van der Waals surface area (Å²) >= 11 is 0. The number of rotatable bonds is 3. The average molecular weight is 336 g/mol. The van der Waals surface area contributed by atoms with Gasteiger partial charge in [0.15, 0.2) is 0 Å². The van der Waals surface area contributed by atoms with Crippen LogP contribution in [-0.4, -0.2) is 49.4 Å². The minimum atomic E-state index is -1.10. The Morgan fingerprint density at radius 2 is 2.33 bits per heavy atom. The van der Waals surface area contributed by atoms with E-state index in [0.29, 0.717) is 18.8 Å². The number of carbonyl (C=O) groups excluding carboxylic acids is 1. The molecule has 3 rings (SSSR count). The number of aromatic hydroxyl groups is 1. The lowest BCUT2D eigenvalue weighted by Crippen LogP contribution is -2.66. The third-order valence-corrected chi connectivity index (χ3v) is 4.82. The molecule has 130 valence electrons. The van der Waals surface area contributed by atoms with Crippen LogP contribution in [0.3, 0.4) is 0 Å². The van der Waals surface area contributed by atoms with Crippen LogP contribution in [0.4, 0.5) is 4.39 Å². The zero-order chi connectivity index (χ0) is 17.5. The molecule has 1 amide bonds. The van der Waals surface area contributed by atoms with E-state index in [9.17, 15) is 14.3 Å². The first-order valence-corrected chi connectivity index (χ1v) is 7.73. The van der Waals surface area contributed by atoms with Crippen molar-refractivity contribution >= 4 is 5.91 Å². The van der Waals surface area contributed by atoms with Gasteiger partial charge in [-0.3, -0.25) is 4.79 Å². The molecule has 0 aromatic heterocycles. The van der Waals surface area contributed by atoms with E-state index < -0.39 is 17.3 Å². The van der Waals surface area contributed by atoms with Crippen molar-refractivity contribution in [1.29, 1.82) is 0 Å². The van der Waals surface area contributed by atoms with Gasteiger partial charge >= 0.3 is 0 Å². The first-order valence-electron chi connectivity index (χ1n) is 7.73. The molecule has 2 aliphatic rings. The average Bonchev–Trinajstić information content (AvgIpc) is 2.56. The first-order chi connectivity index (χ1) is 11.4. The van der Waals surface area contributed by atoms with Gasteiger partial charge < -0.3 is 24.8 Å². The standard InChI is InChI=1S/C17H21FN2O4/c1-10-19-17(13-6-11(21)4-5-15(13)18)9-24-12(8-23-3)7-14(17)16(22)20(10)2/h4-6,12,14,19,21H,1,7-9H2,2-3H3/t12-,14+,17-/m1/s1. The Morgan fingerprint density at radius 3 is 3.04 bits per heavy atom. The van der Waals surface area contributed by atoms with Gasteiger partial charge in [0.05, 0.1) is 25.2 Å². The summed E-state index contributed by atoms with van der Waals surface area (Å²) in [5.41, 5.74) is -0.903. The normalized spacial score (nSPS) is 30.0. The second-order valence-electron chi connectivity index (χ2n) is 6.28. The summed E-state index contributed by atoms with van der Waals surface area (Å²) in [7, 11) is 3.19. The molecule has 0 unspecified atom stereocenters. The number of phenols is 1. The molecule has 7 heteroatoms. The zero-order valence-corrected chi connectivity index (χ0v) is 13.7. The van der Waals surface area contributed by atoms with Crippen molar-refractivity contribution in [2.75, 3.05) is 27.4 Å². The predicted molar refractivity (Wildman–Crippen MR) is 84.5 cm³/mol. The van der Waals surface area contributed by atoms with E-state index in [1.54, 1.807) is 14.2 Å². The van der Waals surface area contributed by atoms with E-state index in [4.69, 9.17) is 9.47 Å². The zero-order valence-electron chi connectivity index (χ0n) is 13.7. The minimum Gasteiger partial charge on any atom is -0.508 e. The highest BCUT2D eigenvalue weighted by Gasteiger charge is 2.54. The number of halogens is 1. The first kappa shape index (κ1) is 16.7. The van der Waals surface area contributed by atoms with Gasteiger partial charge in [0.25, 0.3) is 0 Å². The van der Waals surface area contributed by atoms with Crippen LogP contribution >= 0.6 is 0 Å². The lowest BCUT2D eigenvalue weighted by Gasteiger charge is -2.52. The molecule has 2 N–H and O–H groups in total. The summed E-state index contributed by atoms with van der Waals surface area (Å²) < 4.78 is 25.5. The van der Waals surface area contributed by atoms with Crippen molar-refractivity contribution < 1.29 is 23.8 Å². The molecular formula is C17H21FN2O4. The van der Waals surface area contributed by atoms with Crippen molar-refractivity contribution in [3.05, 3.63) is 42.0 Å². The molecule has 3 atom stereocenters. The second-order valence-corrected chi connectivity index (χ2v) is 6.28. The summed E-state index contributed by atoms with van der Waals surface area (Å²) in [5.74, 6) is -0.932.